The van der Waals surface area contributed by atoms with Crippen LogP contribution in [-0.2, 0) is 6.54 Å². The summed E-state index contributed by atoms with van der Waals surface area (Å²) in [6, 6.07) is 20.2. The highest BCUT2D eigenvalue weighted by atomic mass is 32.2. The van der Waals surface area contributed by atoms with Gasteiger partial charge in [-0.3, -0.25) is 10.7 Å². The van der Waals surface area contributed by atoms with Gasteiger partial charge in [0.2, 0.25) is 5.65 Å². The molecule has 3 heterocycles. The Balaban J connectivity index is 1.77. The van der Waals surface area contributed by atoms with Gasteiger partial charge in [0.25, 0.3) is 5.76 Å². The Hall–Kier alpha value is -4.05. The number of H-pyrrole nitrogens is 1. The van der Waals surface area contributed by atoms with Crippen LogP contribution in [0.25, 0.3) is 28.0 Å². The number of rotatable bonds is 6. The third-order valence-corrected chi connectivity index (χ3v) is 6.58. The molecule has 0 atom stereocenters. The molecule has 0 unspecified atom stereocenters. The molecule has 0 bridgehead atoms. The van der Waals surface area contributed by atoms with Crippen LogP contribution in [0.5, 0.6) is 0 Å². The number of aromatic nitrogens is 5. The van der Waals surface area contributed by atoms with Crippen LogP contribution in [0.15, 0.2) is 76.4 Å². The van der Waals surface area contributed by atoms with E-state index in [0.29, 0.717) is 39.1 Å². The Labute approximate surface area is 209 Å². The maximum atomic E-state index is 13.4. The molecule has 2 aromatic carbocycles. The summed E-state index contributed by atoms with van der Waals surface area (Å²) >= 11 is 0.442. The Morgan fingerprint density at radius 1 is 1.00 bits per heavy atom. The minimum Gasteiger partial charge on any atom is -0.290 e. The van der Waals surface area contributed by atoms with Crippen molar-refractivity contribution in [2.45, 2.75) is 31.0 Å². The standard InChI is InChI=1S/C26H22F2N6OS/c1-15-12-19(13-16(2)30-15)21-22(17-8-4-3-5-9-17)31-25(29)34-23(21)32-33(26(34)35)14-18-10-6-7-11-20(18)36-24(27)28/h3-13,24H,14H2,1-2H3,(H2,29,31)/p+1. The third-order valence-electron chi connectivity index (χ3n) is 5.75. The second-order valence-corrected chi connectivity index (χ2v) is 9.38. The molecule has 0 saturated heterocycles. The minimum absolute atomic E-state index is 0.0182. The molecule has 0 amide bonds. The lowest BCUT2D eigenvalue weighted by Crippen LogP contribution is -2.28. The van der Waals surface area contributed by atoms with Gasteiger partial charge in [-0.2, -0.15) is 13.5 Å². The van der Waals surface area contributed by atoms with Gasteiger partial charge in [0.05, 0.1) is 12.1 Å². The molecule has 5 aromatic rings. The van der Waals surface area contributed by atoms with E-state index in [1.54, 1.807) is 24.3 Å². The molecular weight excluding hydrogens is 482 g/mol. The Morgan fingerprint density at radius 3 is 2.36 bits per heavy atom. The zero-order valence-electron chi connectivity index (χ0n) is 19.6. The van der Waals surface area contributed by atoms with E-state index in [2.05, 4.69) is 15.1 Å². The number of alkyl halides is 2. The van der Waals surface area contributed by atoms with Crippen molar-refractivity contribution >= 4 is 23.4 Å². The number of nitrogen functional groups attached to an aromatic ring is 1. The van der Waals surface area contributed by atoms with E-state index in [-0.39, 0.29) is 12.5 Å². The number of hydrogen-bond donors (Lipinski definition) is 1. The average Bonchev–Trinajstić information content (AvgIpc) is 3.16. The van der Waals surface area contributed by atoms with E-state index in [1.807, 2.05) is 56.3 Å². The number of nitrogens with one attached hydrogen (secondary N) is 1. The topological polar surface area (TPSA) is 92.3 Å². The van der Waals surface area contributed by atoms with Gasteiger partial charge in [-0.1, -0.05) is 60.3 Å². The molecule has 36 heavy (non-hydrogen) atoms. The summed E-state index contributed by atoms with van der Waals surface area (Å²) in [5.74, 6) is -2.46. The van der Waals surface area contributed by atoms with Gasteiger partial charge in [0.1, 0.15) is 5.69 Å². The van der Waals surface area contributed by atoms with Crippen LogP contribution in [0.3, 0.4) is 0 Å². The predicted molar refractivity (Wildman–Crippen MR) is 136 cm³/mol. The van der Waals surface area contributed by atoms with Crippen molar-refractivity contribution in [2.24, 2.45) is 0 Å². The normalized spacial score (nSPS) is 11.5. The molecule has 5 rings (SSSR count). The number of nitrogens with two attached hydrogens (primary N) is 1. The van der Waals surface area contributed by atoms with Gasteiger partial charge in [-0.15, -0.1) is 9.50 Å². The van der Waals surface area contributed by atoms with Gasteiger partial charge >= 0.3 is 11.6 Å². The number of fused-ring (bicyclic) bond motifs is 1. The first kappa shape index (κ1) is 23.7. The summed E-state index contributed by atoms with van der Waals surface area (Å²) in [6.07, 6.45) is 0. The molecule has 182 valence electrons. The predicted octanol–water partition coefficient (Wildman–Crippen LogP) is 4.60. The molecule has 7 nitrogen and oxygen atoms in total. The highest BCUT2D eigenvalue weighted by Crippen LogP contribution is 2.33. The fourth-order valence-corrected chi connectivity index (χ4v) is 4.96. The van der Waals surface area contributed by atoms with Crippen LogP contribution in [0.4, 0.5) is 14.7 Å². The smallest absolute Gasteiger partial charge is 0.290 e. The van der Waals surface area contributed by atoms with Crippen molar-refractivity contribution in [3.63, 3.8) is 0 Å². The van der Waals surface area contributed by atoms with Crippen molar-refractivity contribution in [2.75, 3.05) is 5.73 Å². The second-order valence-electron chi connectivity index (χ2n) is 8.35. The number of pyridine rings is 1. The van der Waals surface area contributed by atoms with E-state index in [1.165, 1.54) is 9.08 Å². The van der Waals surface area contributed by atoms with Gasteiger partial charge in [-0.05, 0) is 43.2 Å². The quantitative estimate of drug-likeness (QED) is 0.341. The zero-order valence-corrected chi connectivity index (χ0v) is 20.4. The van der Waals surface area contributed by atoms with Crippen molar-refractivity contribution < 1.29 is 13.8 Å². The fourth-order valence-electron chi connectivity index (χ4n) is 4.33. The van der Waals surface area contributed by atoms with Gasteiger partial charge in [0, 0.05) is 21.8 Å². The summed E-state index contributed by atoms with van der Waals surface area (Å²) < 4.78 is 28.8. The van der Waals surface area contributed by atoms with Gasteiger partial charge in [0.15, 0.2) is 0 Å². The Bertz CT molecular complexity index is 1610. The lowest BCUT2D eigenvalue weighted by molar-refractivity contribution is -0.351. The Morgan fingerprint density at radius 2 is 1.67 bits per heavy atom. The highest BCUT2D eigenvalue weighted by molar-refractivity contribution is 7.99. The number of anilines is 1. The molecule has 0 aliphatic rings. The molecule has 0 saturated carbocycles. The summed E-state index contributed by atoms with van der Waals surface area (Å²) in [5, 5.41) is 4.66. The lowest BCUT2D eigenvalue weighted by atomic mass is 9.99. The monoisotopic (exact) mass is 505 g/mol. The van der Waals surface area contributed by atoms with E-state index < -0.39 is 11.4 Å². The number of halogens is 2. The van der Waals surface area contributed by atoms with Gasteiger partial charge in [-0.25, -0.2) is 9.78 Å². The van der Waals surface area contributed by atoms with Crippen LogP contribution in [0, 0.1) is 13.8 Å². The van der Waals surface area contributed by atoms with E-state index >= 15 is 0 Å². The molecular formula is C26H23F2N6OS+. The molecule has 0 aliphatic heterocycles. The van der Waals surface area contributed by atoms with Crippen molar-refractivity contribution in [3.05, 3.63) is 94.2 Å². The first-order valence-corrected chi connectivity index (χ1v) is 12.1. The summed E-state index contributed by atoms with van der Waals surface area (Å²) in [6.45, 7) is 3.82. The molecule has 0 spiro atoms. The highest BCUT2D eigenvalue weighted by Gasteiger charge is 2.26. The van der Waals surface area contributed by atoms with E-state index in [9.17, 15) is 13.6 Å². The number of hydrogen-bond acceptors (Lipinski definition) is 5. The van der Waals surface area contributed by atoms with Crippen molar-refractivity contribution in [1.82, 2.24) is 19.2 Å². The maximum Gasteiger partial charge on any atom is 0.411 e. The van der Waals surface area contributed by atoms with Gasteiger partial charge < -0.3 is 0 Å². The summed E-state index contributed by atoms with van der Waals surface area (Å²) in [7, 11) is 0. The van der Waals surface area contributed by atoms with Crippen LogP contribution >= 0.6 is 11.8 Å². The molecule has 10 heteroatoms. The van der Waals surface area contributed by atoms with Crippen molar-refractivity contribution in [3.8, 4) is 22.4 Å². The minimum atomic E-state index is -2.58. The Kier molecular flexibility index (Phi) is 6.27. The molecule has 3 aromatic heterocycles. The molecule has 0 aliphatic carbocycles. The SMILES string of the molecule is Cc1cc(-c2c(-c3ccccc3)[nH+]c(N)n3c(=O)n(Cc4ccccc4SC(F)F)nc23)cc(C)n1. The van der Waals surface area contributed by atoms with Crippen LogP contribution in [0.1, 0.15) is 17.0 Å². The lowest BCUT2D eigenvalue weighted by Gasteiger charge is -2.10. The summed E-state index contributed by atoms with van der Waals surface area (Å²) in [4.78, 5) is 21.5. The average molecular weight is 506 g/mol. The number of benzene rings is 2. The molecule has 0 radical (unpaired) electrons. The number of thioether (sulfide) groups is 1. The summed E-state index contributed by atoms with van der Waals surface area (Å²) in [5.41, 5.74) is 11.5. The van der Waals surface area contributed by atoms with E-state index in [4.69, 9.17) is 5.73 Å². The van der Waals surface area contributed by atoms with Crippen LogP contribution in [0.2, 0.25) is 0 Å². The number of aryl methyl sites for hydroxylation is 2. The van der Waals surface area contributed by atoms with Crippen LogP contribution < -0.4 is 16.4 Å². The molecule has 3 N–H and O–H groups in total. The fraction of sp³-hybridized carbons (Fsp3) is 0.154. The molecule has 0 fully saturated rings. The first-order chi connectivity index (χ1) is 17.3. The largest absolute Gasteiger partial charge is 0.411 e. The number of nitrogens with zero attached hydrogens (tertiary/aromatic N) is 4. The van der Waals surface area contributed by atoms with Crippen molar-refractivity contribution in [1.29, 1.82) is 0 Å². The zero-order chi connectivity index (χ0) is 25.4. The maximum absolute atomic E-state index is 13.4. The first-order valence-electron chi connectivity index (χ1n) is 11.2. The number of aromatic amines is 1. The van der Waals surface area contributed by atoms with E-state index in [0.717, 1.165) is 22.5 Å². The van der Waals surface area contributed by atoms with Crippen LogP contribution in [-0.4, -0.2) is 24.9 Å². The third kappa shape index (κ3) is 4.47. The second kappa shape index (κ2) is 9.54.